The molecule has 0 radical (unpaired) electrons. The highest BCUT2D eigenvalue weighted by Crippen LogP contribution is 2.79. The molecule has 0 aliphatic rings. The minimum Gasteiger partial charge on any atom is -0.497 e. The predicted molar refractivity (Wildman–Crippen MR) is 182 cm³/mol. The van der Waals surface area contributed by atoms with Crippen LogP contribution in [0, 0.1) is 0 Å². The summed E-state index contributed by atoms with van der Waals surface area (Å²) in [5, 5.41) is 0. The molecule has 4 aromatic rings. The molecular weight excluding hydrogens is 642 g/mol. The van der Waals surface area contributed by atoms with Gasteiger partial charge in [-0.2, -0.15) is 0 Å². The van der Waals surface area contributed by atoms with E-state index >= 15 is 9.13 Å². The number of hydrogen-bond acceptors (Lipinski definition) is 10. The van der Waals surface area contributed by atoms with E-state index in [1.54, 1.807) is 72.8 Å². The van der Waals surface area contributed by atoms with Crippen molar-refractivity contribution >= 4 is 15.2 Å². The molecule has 0 unspecified atom stereocenters. The summed E-state index contributed by atoms with van der Waals surface area (Å²) >= 11 is 0. The van der Waals surface area contributed by atoms with Crippen LogP contribution in [0.4, 0.5) is 0 Å². The third-order valence-electron chi connectivity index (χ3n) is 7.03. The van der Waals surface area contributed by atoms with Crippen molar-refractivity contribution in [2.75, 3.05) is 28.4 Å². The second kappa shape index (κ2) is 15.7. The number of benzene rings is 4. The van der Waals surface area contributed by atoms with Crippen molar-refractivity contribution in [1.82, 2.24) is 0 Å². The first-order chi connectivity index (χ1) is 22.7. The number of hydrogen-bond donors (Lipinski definition) is 0. The second-order valence-electron chi connectivity index (χ2n) is 10.0. The number of ether oxygens (including phenoxy) is 4. The Balaban J connectivity index is 2.03. The molecule has 248 valence electrons. The Kier molecular flexibility index (Phi) is 11.7. The normalized spacial score (nSPS) is 11.5. The van der Waals surface area contributed by atoms with Crippen LogP contribution >= 0.6 is 15.2 Å². The Hall–Kier alpha value is -4.78. The van der Waals surface area contributed by atoms with Crippen LogP contribution in [0.15, 0.2) is 122 Å². The van der Waals surface area contributed by atoms with Crippen LogP contribution in [-0.2, 0) is 9.13 Å². The zero-order valence-electron chi connectivity index (χ0n) is 26.7. The molecule has 0 saturated heterocycles. The highest BCUT2D eigenvalue weighted by Gasteiger charge is 2.68. The number of methoxy groups -OCH3 is 4. The topological polar surface area (TPSA) is 108 Å². The van der Waals surface area contributed by atoms with Crippen molar-refractivity contribution in [1.29, 1.82) is 0 Å². The first kappa shape index (κ1) is 35.1. The summed E-state index contributed by atoms with van der Waals surface area (Å²) in [7, 11) is -3.56. The lowest BCUT2D eigenvalue weighted by Crippen LogP contribution is -2.36. The Morgan fingerprint density at radius 2 is 0.723 bits per heavy atom. The van der Waals surface area contributed by atoms with Crippen molar-refractivity contribution in [3.8, 4) is 46.0 Å². The summed E-state index contributed by atoms with van der Waals surface area (Å²) in [6.07, 6.45) is 2.46. The lowest BCUT2D eigenvalue weighted by Gasteiger charge is -2.41. The molecule has 0 fully saturated rings. The van der Waals surface area contributed by atoms with Gasteiger partial charge in [0.2, 0.25) is 4.90 Å². The van der Waals surface area contributed by atoms with E-state index in [4.69, 9.17) is 37.0 Å². The Bertz CT molecular complexity index is 1540. The fraction of sp³-hybridized carbons (Fsp3) is 0.200. The molecule has 0 aromatic heterocycles. The van der Waals surface area contributed by atoms with Crippen LogP contribution in [0.3, 0.4) is 0 Å². The summed E-state index contributed by atoms with van der Waals surface area (Å²) in [6, 6.07) is 25.9. The van der Waals surface area contributed by atoms with Gasteiger partial charge in [-0.1, -0.05) is 36.4 Å². The Morgan fingerprint density at radius 3 is 0.936 bits per heavy atom. The highest BCUT2D eigenvalue weighted by atomic mass is 31.2. The van der Waals surface area contributed by atoms with Crippen LogP contribution in [0.1, 0.15) is 12.8 Å². The SMILES string of the molecule is C=CCC(CC=C)(P(=O)(Oc1cccc(OC)c1)Oc1cccc(OC)c1)P(=O)(Oc1cccc(OC)c1)Oc1cccc(OC)c1. The van der Waals surface area contributed by atoms with Gasteiger partial charge in [0.15, 0.2) is 0 Å². The van der Waals surface area contributed by atoms with Crippen LogP contribution in [0.2, 0.25) is 0 Å². The van der Waals surface area contributed by atoms with Gasteiger partial charge in [-0.3, -0.25) is 0 Å². The van der Waals surface area contributed by atoms with Crippen molar-refractivity contribution in [3.05, 3.63) is 122 Å². The van der Waals surface area contributed by atoms with Crippen molar-refractivity contribution in [2.45, 2.75) is 17.7 Å². The molecule has 4 aromatic carbocycles. The van der Waals surface area contributed by atoms with Gasteiger partial charge in [0.1, 0.15) is 46.0 Å². The van der Waals surface area contributed by atoms with Gasteiger partial charge in [-0.25, -0.2) is 9.13 Å². The third kappa shape index (κ3) is 7.97. The van der Waals surface area contributed by atoms with E-state index in [-0.39, 0.29) is 35.8 Å². The van der Waals surface area contributed by atoms with E-state index in [1.165, 1.54) is 64.9 Å². The van der Waals surface area contributed by atoms with Crippen LogP contribution < -0.4 is 37.0 Å². The zero-order valence-corrected chi connectivity index (χ0v) is 28.5. The standard InChI is InChI=1S/C35H38O10P2/c1-7-21-35(22-8-2,46(36,42-31-17-9-13-27(23-31)38-3)43-32-18-10-14-28(24-32)39-4)47(37,44-33-19-11-15-29(25-33)40-5)45-34-20-12-16-30(26-34)41-6/h7-20,23-26H,1-2,21-22H2,3-6H3. The quantitative estimate of drug-likeness (QED) is 0.0745. The summed E-state index contributed by atoms with van der Waals surface area (Å²) in [5.41, 5.74) is 0. The van der Waals surface area contributed by atoms with Crippen LogP contribution in [-0.4, -0.2) is 33.3 Å². The second-order valence-corrected chi connectivity index (χ2v) is 14.8. The molecule has 12 heteroatoms. The van der Waals surface area contributed by atoms with Gasteiger partial charge < -0.3 is 37.0 Å². The van der Waals surface area contributed by atoms with E-state index in [0.29, 0.717) is 23.0 Å². The first-order valence-electron chi connectivity index (χ1n) is 14.4. The van der Waals surface area contributed by atoms with E-state index in [2.05, 4.69) is 13.2 Å². The summed E-state index contributed by atoms with van der Waals surface area (Å²) in [4.78, 5) is -2.08. The predicted octanol–water partition coefficient (Wildman–Crippen LogP) is 9.57. The summed E-state index contributed by atoms with van der Waals surface area (Å²) < 4.78 is 78.5. The lowest BCUT2D eigenvalue weighted by atomic mass is 10.2. The van der Waals surface area contributed by atoms with Crippen molar-refractivity contribution < 1.29 is 46.2 Å². The molecule has 47 heavy (non-hydrogen) atoms. The summed E-state index contributed by atoms with van der Waals surface area (Å²) in [5.74, 6) is 2.16. The maximum absolute atomic E-state index is 15.8. The van der Waals surface area contributed by atoms with E-state index < -0.39 is 20.1 Å². The molecule has 0 saturated carbocycles. The van der Waals surface area contributed by atoms with E-state index in [9.17, 15) is 0 Å². The van der Waals surface area contributed by atoms with Gasteiger partial charge in [0.05, 0.1) is 28.4 Å². The number of allylic oxidation sites excluding steroid dienone is 2. The Morgan fingerprint density at radius 1 is 0.489 bits per heavy atom. The molecule has 0 aliphatic carbocycles. The Labute approximate surface area is 275 Å². The van der Waals surface area contributed by atoms with Gasteiger partial charge >= 0.3 is 15.2 Å². The molecular formula is C35H38O10P2. The van der Waals surface area contributed by atoms with Gasteiger partial charge in [-0.05, 0) is 61.4 Å². The maximum atomic E-state index is 15.8. The molecule has 0 heterocycles. The molecule has 0 N–H and O–H groups in total. The average molecular weight is 681 g/mol. The van der Waals surface area contributed by atoms with Gasteiger partial charge in [0, 0.05) is 24.3 Å². The minimum atomic E-state index is -4.76. The molecule has 4 rings (SSSR count). The first-order valence-corrected chi connectivity index (χ1v) is 17.5. The smallest absolute Gasteiger partial charge is 0.452 e. The van der Waals surface area contributed by atoms with Crippen molar-refractivity contribution in [3.63, 3.8) is 0 Å². The van der Waals surface area contributed by atoms with Crippen LogP contribution in [0.25, 0.3) is 0 Å². The van der Waals surface area contributed by atoms with Gasteiger partial charge in [-0.15, -0.1) is 13.2 Å². The van der Waals surface area contributed by atoms with E-state index in [0.717, 1.165) is 0 Å². The molecule has 10 nitrogen and oxygen atoms in total. The molecule has 0 spiro atoms. The molecule has 0 aliphatic heterocycles. The van der Waals surface area contributed by atoms with Gasteiger partial charge in [0.25, 0.3) is 0 Å². The average Bonchev–Trinajstić information content (AvgIpc) is 3.08. The zero-order chi connectivity index (χ0) is 33.9. The highest BCUT2D eigenvalue weighted by molar-refractivity contribution is 7.75. The fourth-order valence-electron chi connectivity index (χ4n) is 4.71. The van der Waals surface area contributed by atoms with Crippen LogP contribution in [0.5, 0.6) is 46.0 Å². The summed E-state index contributed by atoms with van der Waals surface area (Å²) in [6.45, 7) is 7.83. The molecule has 0 atom stereocenters. The fourth-order valence-corrected chi connectivity index (χ4v) is 10.1. The lowest BCUT2D eigenvalue weighted by molar-refractivity contribution is 0.320. The van der Waals surface area contributed by atoms with E-state index in [1.807, 2.05) is 0 Å². The third-order valence-corrected chi connectivity index (χ3v) is 13.1. The monoisotopic (exact) mass is 680 g/mol. The van der Waals surface area contributed by atoms with Crippen molar-refractivity contribution in [2.24, 2.45) is 0 Å². The molecule has 0 bridgehead atoms. The largest absolute Gasteiger partial charge is 0.497 e. The number of rotatable bonds is 18. The minimum absolute atomic E-state index is 0.113. The molecule has 0 amide bonds. The maximum Gasteiger partial charge on any atom is 0.452 e.